The second kappa shape index (κ2) is 8.22. The number of nitrogens with one attached hydrogen (secondary N) is 1. The van der Waals surface area contributed by atoms with E-state index in [2.05, 4.69) is 28.7 Å². The highest BCUT2D eigenvalue weighted by atomic mass is 32.2. The quantitative estimate of drug-likeness (QED) is 0.738. The molecule has 120 valence electrons. The molecule has 5 heteroatoms. The molecule has 1 amide bonds. The molecule has 0 aliphatic rings. The number of amides is 1. The smallest absolute Gasteiger partial charge is 0.239 e. The number of unbranched alkanes of at least 4 members (excludes halogenated alkanes) is 1. The third-order valence-corrected chi connectivity index (χ3v) is 4.81. The Kier molecular flexibility index (Phi) is 6.31. The summed E-state index contributed by atoms with van der Waals surface area (Å²) in [6, 6.07) is 8.01. The summed E-state index contributed by atoms with van der Waals surface area (Å²) in [6.07, 6.45) is 3.31. The number of benzene rings is 1. The number of aromatic nitrogens is 2. The Morgan fingerprint density at radius 1 is 1.32 bits per heavy atom. The number of thioether (sulfide) groups is 1. The minimum absolute atomic E-state index is 0.0359. The third kappa shape index (κ3) is 4.03. The van der Waals surface area contributed by atoms with E-state index in [-0.39, 0.29) is 11.2 Å². The fourth-order valence-electron chi connectivity index (χ4n) is 2.31. The predicted molar refractivity (Wildman–Crippen MR) is 95.5 cm³/mol. The maximum atomic E-state index is 12.4. The first-order chi connectivity index (χ1) is 10.7. The molecular weight excluding hydrogens is 294 g/mol. The van der Waals surface area contributed by atoms with E-state index in [0.29, 0.717) is 5.95 Å². The molecule has 0 saturated heterocycles. The van der Waals surface area contributed by atoms with Crippen LogP contribution in [-0.4, -0.2) is 26.5 Å². The van der Waals surface area contributed by atoms with E-state index in [9.17, 15) is 4.79 Å². The van der Waals surface area contributed by atoms with E-state index in [1.54, 1.807) is 11.8 Å². The molecule has 2 aromatic rings. The van der Waals surface area contributed by atoms with Crippen molar-refractivity contribution in [3.63, 3.8) is 0 Å². The van der Waals surface area contributed by atoms with Crippen LogP contribution in [0.2, 0.25) is 0 Å². The summed E-state index contributed by atoms with van der Waals surface area (Å²) in [5.41, 5.74) is 2.00. The zero-order valence-corrected chi connectivity index (χ0v) is 14.4. The zero-order chi connectivity index (χ0) is 15.9. The normalized spacial score (nSPS) is 12.5. The highest BCUT2D eigenvalue weighted by Crippen LogP contribution is 2.21. The maximum absolute atomic E-state index is 12.4. The molecule has 1 unspecified atom stereocenters. The van der Waals surface area contributed by atoms with Gasteiger partial charge in [-0.2, -0.15) is 0 Å². The summed E-state index contributed by atoms with van der Waals surface area (Å²) in [7, 11) is 0. The summed E-state index contributed by atoms with van der Waals surface area (Å²) in [5, 5.41) is 2.95. The van der Waals surface area contributed by atoms with Crippen molar-refractivity contribution in [3.05, 3.63) is 24.3 Å². The molecule has 1 heterocycles. The van der Waals surface area contributed by atoms with Gasteiger partial charge in [0.05, 0.1) is 16.3 Å². The minimum atomic E-state index is -0.0542. The molecule has 0 fully saturated rings. The number of imidazole rings is 1. The molecule has 2 rings (SSSR count). The molecule has 0 aliphatic heterocycles. The van der Waals surface area contributed by atoms with Crippen molar-refractivity contribution in [1.82, 2.24) is 9.55 Å². The first-order valence-corrected chi connectivity index (χ1v) is 9.10. The van der Waals surface area contributed by atoms with Crippen molar-refractivity contribution in [2.45, 2.75) is 51.8 Å². The van der Waals surface area contributed by atoms with E-state index >= 15 is 0 Å². The molecule has 4 nitrogen and oxygen atoms in total. The Hall–Kier alpha value is -1.49. The second-order valence-electron chi connectivity index (χ2n) is 5.43. The Balaban J connectivity index is 2.13. The maximum Gasteiger partial charge on any atom is 0.239 e. The lowest BCUT2D eigenvalue weighted by atomic mass is 10.3. The second-order valence-corrected chi connectivity index (χ2v) is 6.88. The fraction of sp³-hybridized carbons (Fsp3) is 0.529. The summed E-state index contributed by atoms with van der Waals surface area (Å²) >= 11 is 1.71. The van der Waals surface area contributed by atoms with Gasteiger partial charge in [0.25, 0.3) is 0 Å². The molecule has 1 N–H and O–H groups in total. The van der Waals surface area contributed by atoms with Crippen LogP contribution >= 0.6 is 11.8 Å². The molecule has 1 atom stereocenters. The standard InChI is InChI=1S/C17H25N3OS/c1-4-6-12-22-13(3)16(21)19-17-18-14-9-7-8-10-15(14)20(17)11-5-2/h7-10,13H,4-6,11-12H2,1-3H3,(H,18,19,21). The number of para-hydroxylation sites is 2. The zero-order valence-electron chi connectivity index (χ0n) is 13.6. The van der Waals surface area contributed by atoms with E-state index < -0.39 is 0 Å². The number of hydrogen-bond acceptors (Lipinski definition) is 3. The number of rotatable bonds is 8. The Morgan fingerprint density at radius 3 is 2.82 bits per heavy atom. The van der Waals surface area contributed by atoms with E-state index in [0.717, 1.165) is 42.6 Å². The number of carbonyl (C=O) groups is 1. The summed E-state index contributed by atoms with van der Waals surface area (Å²) in [6.45, 7) is 7.11. The van der Waals surface area contributed by atoms with Crippen molar-refractivity contribution in [1.29, 1.82) is 0 Å². The summed E-state index contributed by atoms with van der Waals surface area (Å²) < 4.78 is 2.09. The van der Waals surface area contributed by atoms with Crippen LogP contribution in [0.4, 0.5) is 5.95 Å². The SMILES string of the molecule is CCCCSC(C)C(=O)Nc1nc2ccccc2n1CCC. The van der Waals surface area contributed by atoms with Gasteiger partial charge in [-0.25, -0.2) is 4.98 Å². The van der Waals surface area contributed by atoms with Crippen LogP contribution in [0.25, 0.3) is 11.0 Å². The van der Waals surface area contributed by atoms with E-state index in [4.69, 9.17) is 0 Å². The van der Waals surface area contributed by atoms with Crippen molar-refractivity contribution >= 4 is 34.7 Å². The molecular formula is C17H25N3OS. The van der Waals surface area contributed by atoms with Crippen molar-refractivity contribution < 1.29 is 4.79 Å². The summed E-state index contributed by atoms with van der Waals surface area (Å²) in [4.78, 5) is 16.9. The van der Waals surface area contributed by atoms with Gasteiger partial charge in [-0.1, -0.05) is 32.4 Å². The van der Waals surface area contributed by atoms with Crippen molar-refractivity contribution in [2.24, 2.45) is 0 Å². The predicted octanol–water partition coefficient (Wildman–Crippen LogP) is 4.31. The molecule has 1 aromatic carbocycles. The van der Waals surface area contributed by atoms with Gasteiger partial charge >= 0.3 is 0 Å². The first kappa shape index (κ1) is 16.9. The average Bonchev–Trinajstić information content (AvgIpc) is 2.85. The lowest BCUT2D eigenvalue weighted by Gasteiger charge is -2.13. The van der Waals surface area contributed by atoms with Crippen LogP contribution in [0.3, 0.4) is 0 Å². The molecule has 0 spiro atoms. The van der Waals surface area contributed by atoms with Crippen molar-refractivity contribution in [3.8, 4) is 0 Å². The average molecular weight is 319 g/mol. The minimum Gasteiger partial charge on any atom is -0.310 e. The highest BCUT2D eigenvalue weighted by molar-refractivity contribution is 8.00. The fourth-order valence-corrected chi connectivity index (χ4v) is 3.33. The van der Waals surface area contributed by atoms with Crippen LogP contribution in [0.5, 0.6) is 0 Å². The first-order valence-electron chi connectivity index (χ1n) is 8.05. The lowest BCUT2D eigenvalue weighted by Crippen LogP contribution is -2.24. The molecule has 0 radical (unpaired) electrons. The molecule has 0 bridgehead atoms. The number of carbonyl (C=O) groups excluding carboxylic acids is 1. The number of fused-ring (bicyclic) bond motifs is 1. The van der Waals surface area contributed by atoms with Gasteiger partial charge in [0, 0.05) is 6.54 Å². The van der Waals surface area contributed by atoms with Gasteiger partial charge in [0.1, 0.15) is 0 Å². The number of aryl methyl sites for hydroxylation is 1. The van der Waals surface area contributed by atoms with Crippen LogP contribution in [-0.2, 0) is 11.3 Å². The van der Waals surface area contributed by atoms with Crippen LogP contribution < -0.4 is 5.32 Å². The summed E-state index contributed by atoms with van der Waals surface area (Å²) in [5.74, 6) is 1.72. The molecule has 1 aromatic heterocycles. The Morgan fingerprint density at radius 2 is 2.09 bits per heavy atom. The molecule has 22 heavy (non-hydrogen) atoms. The number of nitrogens with zero attached hydrogens (tertiary/aromatic N) is 2. The van der Waals surface area contributed by atoms with Crippen molar-refractivity contribution in [2.75, 3.05) is 11.1 Å². The van der Waals surface area contributed by atoms with Gasteiger partial charge in [-0.15, -0.1) is 11.8 Å². The topological polar surface area (TPSA) is 46.9 Å². The van der Waals surface area contributed by atoms with Gasteiger partial charge < -0.3 is 4.57 Å². The monoisotopic (exact) mass is 319 g/mol. The molecule has 0 saturated carbocycles. The largest absolute Gasteiger partial charge is 0.310 e. The Labute approximate surface area is 136 Å². The van der Waals surface area contributed by atoms with Crippen LogP contribution in [0, 0.1) is 0 Å². The van der Waals surface area contributed by atoms with Gasteiger partial charge in [0.2, 0.25) is 11.9 Å². The van der Waals surface area contributed by atoms with Gasteiger partial charge in [0.15, 0.2) is 0 Å². The Bertz CT molecular complexity index is 623. The van der Waals surface area contributed by atoms with Crippen LogP contribution in [0.15, 0.2) is 24.3 Å². The van der Waals surface area contributed by atoms with E-state index in [1.807, 2.05) is 31.2 Å². The highest BCUT2D eigenvalue weighted by Gasteiger charge is 2.17. The molecule has 0 aliphatic carbocycles. The van der Waals surface area contributed by atoms with E-state index in [1.165, 1.54) is 0 Å². The number of hydrogen-bond donors (Lipinski definition) is 1. The van der Waals surface area contributed by atoms with Crippen LogP contribution in [0.1, 0.15) is 40.0 Å². The van der Waals surface area contributed by atoms with Gasteiger partial charge in [-0.05, 0) is 37.7 Å². The lowest BCUT2D eigenvalue weighted by molar-refractivity contribution is -0.115. The number of anilines is 1. The third-order valence-electron chi connectivity index (χ3n) is 3.57. The van der Waals surface area contributed by atoms with Gasteiger partial charge in [-0.3, -0.25) is 10.1 Å².